The van der Waals surface area contributed by atoms with E-state index in [2.05, 4.69) is 13.1 Å². The Balaban J connectivity index is 3.30. The van der Waals surface area contributed by atoms with Crippen molar-refractivity contribution in [2.45, 2.75) is 32.5 Å². The van der Waals surface area contributed by atoms with Crippen molar-refractivity contribution in [3.63, 3.8) is 0 Å². The van der Waals surface area contributed by atoms with Gasteiger partial charge in [-0.05, 0) is 32.5 Å². The number of allylic oxidation sites excluding steroid dienone is 1. The Morgan fingerprint density at radius 3 is 2.50 bits per heavy atom. The highest BCUT2D eigenvalue weighted by Crippen LogP contribution is 2.11. The maximum absolute atomic E-state index is 5.41. The Hall–Kier alpha value is -0.283. The van der Waals surface area contributed by atoms with Crippen LogP contribution in [0.1, 0.15) is 13.3 Å². The summed E-state index contributed by atoms with van der Waals surface area (Å²) >= 11 is 0. The second kappa shape index (κ2) is 6.26. The first-order chi connectivity index (χ1) is 5.62. The molecular formula is C9H20O2Si. The Morgan fingerprint density at radius 2 is 2.00 bits per heavy atom. The molecule has 0 aliphatic rings. The van der Waals surface area contributed by atoms with Gasteiger partial charge in [0.1, 0.15) is 0 Å². The second-order valence-electron chi connectivity index (χ2n) is 3.41. The van der Waals surface area contributed by atoms with Gasteiger partial charge in [0.2, 0.25) is 0 Å². The maximum atomic E-state index is 5.41. The molecular weight excluding hydrogens is 168 g/mol. The third kappa shape index (κ3) is 6.43. The fraction of sp³-hybridized carbons (Fsp3) is 0.778. The van der Waals surface area contributed by atoms with E-state index in [0.717, 1.165) is 13.0 Å². The topological polar surface area (TPSA) is 18.5 Å². The molecule has 2 nitrogen and oxygen atoms in total. The van der Waals surface area contributed by atoms with Crippen LogP contribution in [0.4, 0.5) is 0 Å². The fourth-order valence-electron chi connectivity index (χ4n) is 0.848. The zero-order valence-corrected chi connectivity index (χ0v) is 9.59. The van der Waals surface area contributed by atoms with E-state index in [1.54, 1.807) is 13.4 Å². The highest BCUT2D eigenvalue weighted by atomic mass is 28.4. The highest BCUT2D eigenvalue weighted by molar-refractivity contribution is 6.71. The standard InChI is InChI=1S/C9H20O2Si/c1-5-7-11-8-6-9-12(3,4)10-2/h5,7H,6,8-9H2,1-4H3. The summed E-state index contributed by atoms with van der Waals surface area (Å²) in [5, 5.41) is 0. The van der Waals surface area contributed by atoms with Gasteiger partial charge in [0.05, 0.1) is 12.9 Å². The largest absolute Gasteiger partial charge is 0.502 e. The van der Waals surface area contributed by atoms with Crippen molar-refractivity contribution in [3.8, 4) is 0 Å². The van der Waals surface area contributed by atoms with E-state index in [0.29, 0.717) is 0 Å². The Bertz CT molecular complexity index is 132. The molecule has 3 heteroatoms. The molecule has 72 valence electrons. The van der Waals surface area contributed by atoms with Gasteiger partial charge in [-0.3, -0.25) is 0 Å². The highest BCUT2D eigenvalue weighted by Gasteiger charge is 2.19. The summed E-state index contributed by atoms with van der Waals surface area (Å²) in [4.78, 5) is 0. The van der Waals surface area contributed by atoms with Gasteiger partial charge in [-0.1, -0.05) is 6.08 Å². The van der Waals surface area contributed by atoms with Gasteiger partial charge >= 0.3 is 0 Å². The zero-order chi connectivity index (χ0) is 9.45. The monoisotopic (exact) mass is 188 g/mol. The first-order valence-corrected chi connectivity index (χ1v) is 7.52. The van der Waals surface area contributed by atoms with Gasteiger partial charge in [0.15, 0.2) is 8.32 Å². The van der Waals surface area contributed by atoms with Crippen molar-refractivity contribution in [2.24, 2.45) is 0 Å². The van der Waals surface area contributed by atoms with Crippen molar-refractivity contribution in [3.05, 3.63) is 12.3 Å². The van der Waals surface area contributed by atoms with Crippen molar-refractivity contribution < 1.29 is 9.16 Å². The van der Waals surface area contributed by atoms with Crippen LogP contribution in [0.5, 0.6) is 0 Å². The molecule has 0 rings (SSSR count). The molecule has 0 aromatic carbocycles. The molecule has 0 spiro atoms. The van der Waals surface area contributed by atoms with E-state index < -0.39 is 8.32 Å². The first-order valence-electron chi connectivity index (χ1n) is 4.40. The number of rotatable bonds is 6. The van der Waals surface area contributed by atoms with E-state index in [-0.39, 0.29) is 0 Å². The van der Waals surface area contributed by atoms with Gasteiger partial charge in [-0.2, -0.15) is 0 Å². The molecule has 12 heavy (non-hydrogen) atoms. The zero-order valence-electron chi connectivity index (χ0n) is 8.59. The molecule has 0 aromatic heterocycles. The molecule has 0 amide bonds. The molecule has 0 aliphatic heterocycles. The third-order valence-electron chi connectivity index (χ3n) is 1.83. The molecule has 0 bridgehead atoms. The first kappa shape index (κ1) is 11.7. The van der Waals surface area contributed by atoms with Gasteiger partial charge in [-0.25, -0.2) is 0 Å². The van der Waals surface area contributed by atoms with Gasteiger partial charge < -0.3 is 9.16 Å². The lowest BCUT2D eigenvalue weighted by Gasteiger charge is -2.19. The summed E-state index contributed by atoms with van der Waals surface area (Å²) in [6, 6.07) is 1.17. The average Bonchev–Trinajstić information content (AvgIpc) is 2.04. The van der Waals surface area contributed by atoms with Crippen LogP contribution in [-0.4, -0.2) is 22.0 Å². The van der Waals surface area contributed by atoms with E-state index in [4.69, 9.17) is 9.16 Å². The molecule has 0 fully saturated rings. The van der Waals surface area contributed by atoms with Gasteiger partial charge in [0.25, 0.3) is 0 Å². The van der Waals surface area contributed by atoms with E-state index >= 15 is 0 Å². The Labute approximate surface area is 76.7 Å². The summed E-state index contributed by atoms with van der Waals surface area (Å²) in [7, 11) is 0.463. The summed E-state index contributed by atoms with van der Waals surface area (Å²) in [5.74, 6) is 0. The molecule has 0 saturated carbocycles. The predicted molar refractivity (Wildman–Crippen MR) is 54.7 cm³/mol. The van der Waals surface area contributed by atoms with Crippen LogP contribution in [0.25, 0.3) is 0 Å². The van der Waals surface area contributed by atoms with E-state index in [9.17, 15) is 0 Å². The van der Waals surface area contributed by atoms with Crippen LogP contribution in [0.15, 0.2) is 12.3 Å². The summed E-state index contributed by atoms with van der Waals surface area (Å²) in [6.45, 7) is 7.21. The normalized spacial score (nSPS) is 12.3. The SMILES string of the molecule is CC=COCCC[Si](C)(C)OC. The van der Waals surface area contributed by atoms with Crippen molar-refractivity contribution in [1.82, 2.24) is 0 Å². The lowest BCUT2D eigenvalue weighted by atomic mass is 10.5. The average molecular weight is 188 g/mol. The Kier molecular flexibility index (Phi) is 6.11. The number of hydrogen-bond acceptors (Lipinski definition) is 2. The Morgan fingerprint density at radius 1 is 1.33 bits per heavy atom. The maximum Gasteiger partial charge on any atom is 0.186 e. The quantitative estimate of drug-likeness (QED) is 0.362. The minimum Gasteiger partial charge on any atom is -0.502 e. The lowest BCUT2D eigenvalue weighted by molar-refractivity contribution is 0.247. The van der Waals surface area contributed by atoms with Crippen molar-refractivity contribution >= 4 is 8.32 Å². The minimum absolute atomic E-state index is 0.810. The molecule has 0 radical (unpaired) electrons. The van der Waals surface area contributed by atoms with Crippen LogP contribution >= 0.6 is 0 Å². The van der Waals surface area contributed by atoms with Crippen LogP contribution < -0.4 is 0 Å². The molecule has 0 atom stereocenters. The summed E-state index contributed by atoms with van der Waals surface area (Å²) in [6.07, 6.45) is 4.73. The van der Waals surface area contributed by atoms with Crippen LogP contribution in [0.2, 0.25) is 19.1 Å². The van der Waals surface area contributed by atoms with Crippen LogP contribution in [0.3, 0.4) is 0 Å². The van der Waals surface area contributed by atoms with Gasteiger partial charge in [-0.15, -0.1) is 0 Å². The van der Waals surface area contributed by atoms with Crippen molar-refractivity contribution in [2.75, 3.05) is 13.7 Å². The molecule has 0 aromatic rings. The summed E-state index contributed by atoms with van der Waals surface area (Å²) < 4.78 is 10.6. The lowest BCUT2D eigenvalue weighted by Crippen LogP contribution is -2.28. The minimum atomic E-state index is -1.34. The van der Waals surface area contributed by atoms with Gasteiger partial charge in [0, 0.05) is 7.11 Å². The summed E-state index contributed by atoms with van der Waals surface area (Å²) in [5.41, 5.74) is 0. The third-order valence-corrected chi connectivity index (χ3v) is 4.49. The van der Waals surface area contributed by atoms with E-state index in [1.807, 2.05) is 13.0 Å². The van der Waals surface area contributed by atoms with Crippen LogP contribution in [0, 0.1) is 0 Å². The van der Waals surface area contributed by atoms with Crippen LogP contribution in [-0.2, 0) is 9.16 Å². The predicted octanol–water partition coefficient (Wildman–Crippen LogP) is 2.78. The fourth-order valence-corrected chi connectivity index (χ4v) is 2.05. The number of ether oxygens (including phenoxy) is 1. The molecule has 0 unspecified atom stereocenters. The smallest absolute Gasteiger partial charge is 0.186 e. The van der Waals surface area contributed by atoms with E-state index in [1.165, 1.54) is 6.04 Å². The second-order valence-corrected chi connectivity index (χ2v) is 7.84. The molecule has 0 aliphatic carbocycles. The molecule has 0 N–H and O–H groups in total. The molecule has 0 heterocycles. The molecule has 0 saturated heterocycles. The number of hydrogen-bond donors (Lipinski definition) is 0. The van der Waals surface area contributed by atoms with Crippen molar-refractivity contribution in [1.29, 1.82) is 0 Å².